The topological polar surface area (TPSA) is 102 Å². The SMILES string of the molecule is Cc1cccc(-c2nc(C(F)(F)F)ccc2CNC(=O)C(C)c2ccc(C(N)S(C)(=O)=O)c(F)c2)c1. The van der Waals surface area contributed by atoms with Gasteiger partial charge in [0.2, 0.25) is 5.91 Å². The maximum absolute atomic E-state index is 14.5. The number of nitrogens with two attached hydrogens (primary N) is 1. The molecule has 0 spiro atoms. The molecular formula is C25H25F4N3O3S. The lowest BCUT2D eigenvalue weighted by molar-refractivity contribution is -0.141. The number of pyridine rings is 1. The zero-order chi connectivity index (χ0) is 26.8. The molecule has 0 saturated heterocycles. The van der Waals surface area contributed by atoms with Crippen molar-refractivity contribution in [1.29, 1.82) is 0 Å². The molecule has 1 aromatic heterocycles. The Labute approximate surface area is 206 Å². The van der Waals surface area contributed by atoms with Crippen molar-refractivity contribution in [3.05, 3.63) is 88.4 Å². The summed E-state index contributed by atoms with van der Waals surface area (Å²) in [6.45, 7) is 3.21. The third-order valence-corrected chi connectivity index (χ3v) is 6.88. The summed E-state index contributed by atoms with van der Waals surface area (Å²) < 4.78 is 77.6. The van der Waals surface area contributed by atoms with Crippen molar-refractivity contribution in [1.82, 2.24) is 10.3 Å². The van der Waals surface area contributed by atoms with Crippen LogP contribution >= 0.6 is 0 Å². The minimum absolute atomic E-state index is 0.0895. The fourth-order valence-electron chi connectivity index (χ4n) is 3.59. The van der Waals surface area contributed by atoms with Gasteiger partial charge in [-0.3, -0.25) is 4.79 Å². The van der Waals surface area contributed by atoms with Gasteiger partial charge in [0.1, 0.15) is 16.9 Å². The van der Waals surface area contributed by atoms with Crippen LogP contribution in [-0.2, 0) is 27.4 Å². The van der Waals surface area contributed by atoms with Gasteiger partial charge < -0.3 is 11.1 Å². The van der Waals surface area contributed by atoms with Crippen LogP contribution < -0.4 is 11.1 Å². The second-order valence-corrected chi connectivity index (χ2v) is 10.7. The summed E-state index contributed by atoms with van der Waals surface area (Å²) in [6.07, 6.45) is -3.74. The van der Waals surface area contributed by atoms with Gasteiger partial charge in [-0.15, -0.1) is 0 Å². The normalized spacial score (nSPS) is 13.8. The fourth-order valence-corrected chi connectivity index (χ4v) is 4.24. The lowest BCUT2D eigenvalue weighted by atomic mass is 9.98. The van der Waals surface area contributed by atoms with Crippen molar-refractivity contribution in [2.24, 2.45) is 5.73 Å². The zero-order valence-corrected chi connectivity index (χ0v) is 20.5. The quantitative estimate of drug-likeness (QED) is 0.440. The second-order valence-electron chi connectivity index (χ2n) is 8.54. The first-order valence-corrected chi connectivity index (χ1v) is 12.8. The van der Waals surface area contributed by atoms with Gasteiger partial charge in [-0.25, -0.2) is 17.8 Å². The zero-order valence-electron chi connectivity index (χ0n) is 19.7. The number of sulfone groups is 1. The first-order chi connectivity index (χ1) is 16.7. The van der Waals surface area contributed by atoms with Crippen LogP contribution in [-0.4, -0.2) is 25.6 Å². The number of halogens is 4. The molecule has 6 nitrogen and oxygen atoms in total. The number of hydrogen-bond acceptors (Lipinski definition) is 5. The summed E-state index contributed by atoms with van der Waals surface area (Å²) in [5, 5.41) is 1.12. The van der Waals surface area contributed by atoms with Gasteiger partial charge in [-0.1, -0.05) is 42.0 Å². The molecule has 0 bridgehead atoms. The van der Waals surface area contributed by atoms with E-state index in [1.54, 1.807) is 31.2 Å². The summed E-state index contributed by atoms with van der Waals surface area (Å²) in [7, 11) is -3.73. The third-order valence-electron chi connectivity index (χ3n) is 5.70. The minimum atomic E-state index is -4.63. The van der Waals surface area contributed by atoms with E-state index in [2.05, 4.69) is 10.3 Å². The summed E-state index contributed by atoms with van der Waals surface area (Å²) in [4.78, 5) is 16.6. The predicted molar refractivity (Wildman–Crippen MR) is 128 cm³/mol. The minimum Gasteiger partial charge on any atom is -0.351 e. The molecule has 3 rings (SSSR count). The van der Waals surface area contributed by atoms with Gasteiger partial charge in [-0.05, 0) is 43.2 Å². The van der Waals surface area contributed by atoms with Crippen molar-refractivity contribution in [2.45, 2.75) is 37.9 Å². The molecule has 36 heavy (non-hydrogen) atoms. The number of nitrogens with zero attached hydrogens (tertiary/aromatic N) is 1. The number of amides is 1. The van der Waals surface area contributed by atoms with E-state index < -0.39 is 44.7 Å². The van der Waals surface area contributed by atoms with Crippen molar-refractivity contribution < 1.29 is 30.8 Å². The van der Waals surface area contributed by atoms with Gasteiger partial charge in [-0.2, -0.15) is 13.2 Å². The highest BCUT2D eigenvalue weighted by Gasteiger charge is 2.33. The van der Waals surface area contributed by atoms with Gasteiger partial charge in [0.05, 0.1) is 11.6 Å². The number of carbonyl (C=O) groups excluding carboxylic acids is 1. The average molecular weight is 524 g/mol. The lowest BCUT2D eigenvalue weighted by Gasteiger charge is -2.17. The van der Waals surface area contributed by atoms with Crippen LogP contribution in [0.2, 0.25) is 0 Å². The highest BCUT2D eigenvalue weighted by atomic mass is 32.2. The number of aryl methyl sites for hydroxylation is 1. The largest absolute Gasteiger partial charge is 0.433 e. The molecule has 3 aromatic rings. The number of alkyl halides is 3. The van der Waals surface area contributed by atoms with E-state index in [4.69, 9.17) is 5.73 Å². The van der Waals surface area contributed by atoms with E-state index in [1.807, 2.05) is 0 Å². The Morgan fingerprint density at radius 2 is 1.81 bits per heavy atom. The Bertz CT molecular complexity index is 1390. The third kappa shape index (κ3) is 6.27. The maximum atomic E-state index is 14.5. The van der Waals surface area contributed by atoms with Crippen molar-refractivity contribution in [3.8, 4) is 11.3 Å². The van der Waals surface area contributed by atoms with Crippen LogP contribution in [0.25, 0.3) is 11.3 Å². The number of aromatic nitrogens is 1. The summed E-state index contributed by atoms with van der Waals surface area (Å²) >= 11 is 0. The van der Waals surface area contributed by atoms with Crippen LogP contribution in [0.3, 0.4) is 0 Å². The smallest absolute Gasteiger partial charge is 0.351 e. The molecule has 0 fully saturated rings. The van der Waals surface area contributed by atoms with E-state index in [0.717, 1.165) is 24.0 Å². The van der Waals surface area contributed by atoms with E-state index >= 15 is 0 Å². The number of carbonyl (C=O) groups is 1. The lowest BCUT2D eigenvalue weighted by Crippen LogP contribution is -2.28. The van der Waals surface area contributed by atoms with Crippen molar-refractivity contribution in [3.63, 3.8) is 0 Å². The maximum Gasteiger partial charge on any atom is 0.433 e. The average Bonchev–Trinajstić information content (AvgIpc) is 2.80. The Morgan fingerprint density at radius 3 is 2.39 bits per heavy atom. The first-order valence-electron chi connectivity index (χ1n) is 10.8. The molecule has 192 valence electrons. The first kappa shape index (κ1) is 27.3. The second kappa shape index (κ2) is 10.4. The van der Waals surface area contributed by atoms with Gasteiger partial charge in [0.25, 0.3) is 0 Å². The monoisotopic (exact) mass is 523 g/mol. The van der Waals surface area contributed by atoms with Crippen LogP contribution in [0.15, 0.2) is 54.6 Å². The van der Waals surface area contributed by atoms with Crippen molar-refractivity contribution >= 4 is 15.7 Å². The van der Waals surface area contributed by atoms with E-state index in [1.165, 1.54) is 25.1 Å². The molecule has 11 heteroatoms. The molecule has 0 aliphatic heterocycles. The highest BCUT2D eigenvalue weighted by Crippen LogP contribution is 2.32. The molecule has 0 aliphatic rings. The number of nitrogens with one attached hydrogen (secondary N) is 1. The Balaban J connectivity index is 1.83. The molecule has 1 amide bonds. The summed E-state index contributed by atoms with van der Waals surface area (Å²) in [6, 6.07) is 12.6. The van der Waals surface area contributed by atoms with E-state index in [-0.39, 0.29) is 23.4 Å². The summed E-state index contributed by atoms with van der Waals surface area (Å²) in [5.74, 6) is -2.21. The van der Waals surface area contributed by atoms with Crippen molar-refractivity contribution in [2.75, 3.05) is 6.26 Å². The molecule has 2 aromatic carbocycles. The predicted octanol–water partition coefficient (Wildman–Crippen LogP) is 4.64. The van der Waals surface area contributed by atoms with Crippen LogP contribution in [0, 0.1) is 12.7 Å². The Kier molecular flexibility index (Phi) is 7.85. The Morgan fingerprint density at radius 1 is 1.11 bits per heavy atom. The van der Waals surface area contributed by atoms with Gasteiger partial charge >= 0.3 is 6.18 Å². The highest BCUT2D eigenvalue weighted by molar-refractivity contribution is 7.90. The molecule has 0 aliphatic carbocycles. The standard InChI is InChI=1S/C25H25F4N3O3S/c1-14-5-4-6-17(11-14)22-18(8-10-21(32-22)25(27,28)29)13-31-24(33)15(2)16-7-9-19(20(26)12-16)23(30)36(3,34)35/h4-12,15,23H,13,30H2,1-3H3,(H,31,33). The van der Waals surface area contributed by atoms with E-state index in [0.29, 0.717) is 11.1 Å². The number of hydrogen-bond donors (Lipinski definition) is 2. The summed E-state index contributed by atoms with van der Waals surface area (Å²) in [5.41, 5.74) is 6.37. The molecule has 1 heterocycles. The molecular weight excluding hydrogens is 498 g/mol. The van der Waals surface area contributed by atoms with Gasteiger partial charge in [0.15, 0.2) is 9.84 Å². The Hall–Kier alpha value is -3.31. The number of rotatable bonds is 7. The molecule has 2 unspecified atom stereocenters. The van der Waals surface area contributed by atoms with E-state index in [9.17, 15) is 30.8 Å². The molecule has 2 atom stereocenters. The van der Waals surface area contributed by atoms with Crippen LogP contribution in [0.1, 0.15) is 46.2 Å². The molecule has 0 radical (unpaired) electrons. The van der Waals surface area contributed by atoms with Gasteiger partial charge in [0, 0.05) is 23.9 Å². The fraction of sp³-hybridized carbons (Fsp3) is 0.280. The van der Waals surface area contributed by atoms with Crippen LogP contribution in [0.5, 0.6) is 0 Å². The van der Waals surface area contributed by atoms with Crippen LogP contribution in [0.4, 0.5) is 17.6 Å². The molecule has 3 N–H and O–H groups in total. The number of benzene rings is 2. The molecule has 0 saturated carbocycles.